The van der Waals surface area contributed by atoms with Crippen molar-refractivity contribution in [1.29, 1.82) is 0 Å². The lowest BCUT2D eigenvalue weighted by atomic mass is 10.0. The Kier molecular flexibility index (Phi) is 5.86. The molecule has 2 aromatic carbocycles. The molecule has 154 valence electrons. The number of carbonyl (C=O) groups excluding carboxylic acids is 2. The molecular formula is C24H24N2O3S. The lowest BCUT2D eigenvalue weighted by Crippen LogP contribution is -2.28. The minimum atomic E-state index is -0.239. The second-order valence-electron chi connectivity index (χ2n) is 7.59. The number of anilines is 2. The Morgan fingerprint density at radius 2 is 1.93 bits per heavy atom. The van der Waals surface area contributed by atoms with Crippen LogP contribution in [0.1, 0.15) is 40.6 Å². The minimum Gasteiger partial charge on any atom is -0.484 e. The van der Waals surface area contributed by atoms with E-state index in [1.807, 2.05) is 60.0 Å². The van der Waals surface area contributed by atoms with Crippen molar-refractivity contribution >= 4 is 34.5 Å². The van der Waals surface area contributed by atoms with Gasteiger partial charge in [0, 0.05) is 17.9 Å². The summed E-state index contributed by atoms with van der Waals surface area (Å²) in [7, 11) is 0. The molecule has 3 aromatic rings. The first-order valence-electron chi connectivity index (χ1n) is 10.0. The lowest BCUT2D eigenvalue weighted by Gasteiger charge is -2.17. The Labute approximate surface area is 180 Å². The van der Waals surface area contributed by atoms with Gasteiger partial charge in [-0.1, -0.05) is 38.1 Å². The number of hydrogen-bond acceptors (Lipinski definition) is 4. The maximum absolute atomic E-state index is 12.8. The van der Waals surface area contributed by atoms with E-state index in [1.54, 1.807) is 4.90 Å². The maximum Gasteiger partial charge on any atom is 0.268 e. The van der Waals surface area contributed by atoms with Crippen LogP contribution in [-0.4, -0.2) is 25.0 Å². The first kappa shape index (κ1) is 20.2. The molecule has 2 heterocycles. The van der Waals surface area contributed by atoms with Gasteiger partial charge in [-0.15, -0.1) is 11.3 Å². The van der Waals surface area contributed by atoms with Crippen molar-refractivity contribution in [1.82, 2.24) is 0 Å². The average Bonchev–Trinajstić information content (AvgIpc) is 3.42. The van der Waals surface area contributed by atoms with Crippen molar-refractivity contribution in [3.8, 4) is 5.75 Å². The highest BCUT2D eigenvalue weighted by atomic mass is 32.1. The van der Waals surface area contributed by atoms with E-state index in [2.05, 4.69) is 19.2 Å². The van der Waals surface area contributed by atoms with Crippen LogP contribution in [-0.2, 0) is 11.2 Å². The molecule has 0 radical (unpaired) electrons. The van der Waals surface area contributed by atoms with Gasteiger partial charge in [0.1, 0.15) is 5.75 Å². The van der Waals surface area contributed by atoms with Crippen LogP contribution in [0.2, 0.25) is 0 Å². The molecule has 0 saturated heterocycles. The standard InChI is InChI=1S/C24H24N2O3S/c1-16(2)17-6-9-20(10-7-17)29-15-23(27)25-19-8-5-18-11-12-26(21(18)14-19)24(28)22-4-3-13-30-22/h3-10,13-14,16H,11-12,15H2,1-2H3,(H,25,27). The van der Waals surface area contributed by atoms with Crippen molar-refractivity contribution in [3.05, 3.63) is 76.0 Å². The molecule has 0 unspecified atom stereocenters. The molecule has 2 amide bonds. The van der Waals surface area contributed by atoms with Gasteiger partial charge in [-0.25, -0.2) is 0 Å². The Morgan fingerprint density at radius 3 is 2.63 bits per heavy atom. The zero-order valence-corrected chi connectivity index (χ0v) is 17.9. The maximum atomic E-state index is 12.8. The Morgan fingerprint density at radius 1 is 1.13 bits per heavy atom. The van der Waals surface area contributed by atoms with Crippen LogP contribution >= 0.6 is 11.3 Å². The van der Waals surface area contributed by atoms with Crippen LogP contribution in [0.5, 0.6) is 5.75 Å². The van der Waals surface area contributed by atoms with Crippen LogP contribution in [0.4, 0.5) is 11.4 Å². The summed E-state index contributed by atoms with van der Waals surface area (Å²) >= 11 is 1.44. The van der Waals surface area contributed by atoms with E-state index in [-0.39, 0.29) is 18.4 Å². The van der Waals surface area contributed by atoms with E-state index >= 15 is 0 Å². The SMILES string of the molecule is CC(C)c1ccc(OCC(=O)Nc2ccc3c(c2)N(C(=O)c2cccs2)CC3)cc1. The van der Waals surface area contributed by atoms with Gasteiger partial charge in [-0.3, -0.25) is 9.59 Å². The Balaban J connectivity index is 1.39. The third kappa shape index (κ3) is 4.39. The molecule has 1 aliphatic heterocycles. The van der Waals surface area contributed by atoms with E-state index in [9.17, 15) is 9.59 Å². The number of ether oxygens (including phenoxy) is 1. The zero-order valence-electron chi connectivity index (χ0n) is 17.1. The largest absolute Gasteiger partial charge is 0.484 e. The molecule has 0 spiro atoms. The van der Waals surface area contributed by atoms with Gasteiger partial charge in [-0.05, 0) is 59.2 Å². The average molecular weight is 421 g/mol. The normalized spacial score (nSPS) is 12.7. The highest BCUT2D eigenvalue weighted by Crippen LogP contribution is 2.32. The summed E-state index contributed by atoms with van der Waals surface area (Å²) in [5.74, 6) is 0.877. The van der Waals surface area contributed by atoms with Crippen LogP contribution in [0, 0.1) is 0 Å². The van der Waals surface area contributed by atoms with Crippen LogP contribution < -0.4 is 15.0 Å². The van der Waals surface area contributed by atoms with Crippen molar-refractivity contribution < 1.29 is 14.3 Å². The molecule has 1 N–H and O–H groups in total. The first-order chi connectivity index (χ1) is 14.5. The predicted molar refractivity (Wildman–Crippen MR) is 121 cm³/mol. The molecule has 0 saturated carbocycles. The number of benzene rings is 2. The summed E-state index contributed by atoms with van der Waals surface area (Å²) in [5.41, 5.74) is 3.85. The fraction of sp³-hybridized carbons (Fsp3) is 0.250. The van der Waals surface area contributed by atoms with Gasteiger partial charge < -0.3 is 15.0 Å². The summed E-state index contributed by atoms with van der Waals surface area (Å²) in [6, 6.07) is 17.2. The van der Waals surface area contributed by atoms with Gasteiger partial charge in [0.2, 0.25) is 0 Å². The number of nitrogens with zero attached hydrogens (tertiary/aromatic N) is 1. The topological polar surface area (TPSA) is 58.6 Å². The van der Waals surface area contributed by atoms with E-state index in [1.165, 1.54) is 16.9 Å². The number of amides is 2. The molecule has 30 heavy (non-hydrogen) atoms. The minimum absolute atomic E-state index is 0.000374. The number of nitrogens with one attached hydrogen (secondary N) is 1. The van der Waals surface area contributed by atoms with Crippen LogP contribution in [0.15, 0.2) is 60.0 Å². The highest BCUT2D eigenvalue weighted by Gasteiger charge is 2.26. The molecule has 1 aromatic heterocycles. The van der Waals surface area contributed by atoms with Crippen LogP contribution in [0.3, 0.4) is 0 Å². The summed E-state index contributed by atoms with van der Waals surface area (Å²) in [6.45, 7) is 4.85. The van der Waals surface area contributed by atoms with Crippen molar-refractivity contribution in [2.75, 3.05) is 23.4 Å². The molecule has 1 aliphatic rings. The first-order valence-corrected chi connectivity index (χ1v) is 10.9. The van der Waals surface area contributed by atoms with Crippen molar-refractivity contribution in [3.63, 3.8) is 0 Å². The zero-order chi connectivity index (χ0) is 21.1. The third-order valence-electron chi connectivity index (χ3n) is 5.16. The molecule has 0 bridgehead atoms. The van der Waals surface area contributed by atoms with E-state index in [0.29, 0.717) is 28.8 Å². The summed E-state index contributed by atoms with van der Waals surface area (Å²) in [5, 5.41) is 4.77. The number of fused-ring (bicyclic) bond motifs is 1. The van der Waals surface area contributed by atoms with Gasteiger partial charge in [0.15, 0.2) is 6.61 Å². The van der Waals surface area contributed by atoms with Gasteiger partial charge >= 0.3 is 0 Å². The van der Waals surface area contributed by atoms with Gasteiger partial charge in [0.25, 0.3) is 11.8 Å². The molecule has 0 aliphatic carbocycles. The molecule has 0 atom stereocenters. The van der Waals surface area contributed by atoms with E-state index in [0.717, 1.165) is 17.7 Å². The molecule has 6 heteroatoms. The van der Waals surface area contributed by atoms with Crippen molar-refractivity contribution in [2.45, 2.75) is 26.2 Å². The fourth-order valence-corrected chi connectivity index (χ4v) is 4.17. The quantitative estimate of drug-likeness (QED) is 0.604. The number of carbonyl (C=O) groups is 2. The third-order valence-corrected chi connectivity index (χ3v) is 6.02. The van der Waals surface area contributed by atoms with Gasteiger partial charge in [0.05, 0.1) is 4.88 Å². The summed E-state index contributed by atoms with van der Waals surface area (Å²) < 4.78 is 5.60. The second kappa shape index (κ2) is 8.71. The summed E-state index contributed by atoms with van der Waals surface area (Å²) in [6.07, 6.45) is 0.816. The monoisotopic (exact) mass is 420 g/mol. The fourth-order valence-electron chi connectivity index (χ4n) is 3.50. The smallest absolute Gasteiger partial charge is 0.268 e. The number of hydrogen-bond donors (Lipinski definition) is 1. The predicted octanol–water partition coefficient (Wildman–Crippen LogP) is 5.09. The second-order valence-corrected chi connectivity index (χ2v) is 8.54. The number of thiophene rings is 1. The van der Waals surface area contributed by atoms with Crippen molar-refractivity contribution in [2.24, 2.45) is 0 Å². The van der Waals surface area contributed by atoms with E-state index in [4.69, 9.17) is 4.74 Å². The summed E-state index contributed by atoms with van der Waals surface area (Å²) in [4.78, 5) is 27.6. The Hall–Kier alpha value is -3.12. The van der Waals surface area contributed by atoms with Crippen LogP contribution in [0.25, 0.3) is 0 Å². The van der Waals surface area contributed by atoms with E-state index < -0.39 is 0 Å². The number of rotatable bonds is 6. The molecule has 4 rings (SSSR count). The molecule has 5 nitrogen and oxygen atoms in total. The molecular weight excluding hydrogens is 396 g/mol. The highest BCUT2D eigenvalue weighted by molar-refractivity contribution is 7.12. The Bertz CT molecular complexity index is 1040. The molecule has 0 fully saturated rings. The lowest BCUT2D eigenvalue weighted by molar-refractivity contribution is -0.118. The van der Waals surface area contributed by atoms with Gasteiger partial charge in [-0.2, -0.15) is 0 Å².